The van der Waals surface area contributed by atoms with Crippen molar-refractivity contribution >= 4 is 10.0 Å². The molecule has 1 atom stereocenters. The summed E-state index contributed by atoms with van der Waals surface area (Å²) in [5.41, 5.74) is 2.25. The number of hydrogen-bond acceptors (Lipinski definition) is 6. The lowest BCUT2D eigenvalue weighted by Crippen LogP contribution is -2.23. The van der Waals surface area contributed by atoms with Gasteiger partial charge in [0.1, 0.15) is 17.3 Å². The first-order chi connectivity index (χ1) is 15.2. The van der Waals surface area contributed by atoms with Crippen LogP contribution < -0.4 is 5.14 Å². The van der Waals surface area contributed by atoms with E-state index in [0.717, 1.165) is 36.7 Å². The van der Waals surface area contributed by atoms with E-state index in [1.807, 2.05) is 31.2 Å². The monoisotopic (exact) mass is 459 g/mol. The minimum Gasteiger partial charge on any atom is -0.380 e. The minimum absolute atomic E-state index is 0.120. The van der Waals surface area contributed by atoms with Crippen LogP contribution in [0.3, 0.4) is 0 Å². The summed E-state index contributed by atoms with van der Waals surface area (Å²) in [4.78, 5) is 6.61. The number of halogens is 1. The minimum atomic E-state index is -4.01. The van der Waals surface area contributed by atoms with Crippen LogP contribution in [0.1, 0.15) is 29.2 Å². The Balaban J connectivity index is 1.70. The van der Waals surface area contributed by atoms with Gasteiger partial charge in [0.2, 0.25) is 10.0 Å². The summed E-state index contributed by atoms with van der Waals surface area (Å²) in [7, 11) is -2.31. The van der Waals surface area contributed by atoms with Gasteiger partial charge >= 0.3 is 0 Å². The molecule has 1 aliphatic heterocycles. The van der Waals surface area contributed by atoms with Gasteiger partial charge in [-0.25, -0.2) is 27.6 Å². The fourth-order valence-electron chi connectivity index (χ4n) is 3.94. The second kappa shape index (κ2) is 9.07. The van der Waals surface area contributed by atoms with Crippen molar-refractivity contribution in [2.75, 3.05) is 20.2 Å². The number of methoxy groups -OCH3 is 1. The molecule has 0 aliphatic carbocycles. The van der Waals surface area contributed by atoms with E-state index >= 15 is 0 Å². The molecule has 170 valence electrons. The Labute approximate surface area is 186 Å². The molecule has 0 saturated carbocycles. The number of nitrogens with two attached hydrogens (primary N) is 1. The molecule has 1 fully saturated rings. The third kappa shape index (κ3) is 5.04. The maximum Gasteiger partial charge on any atom is 0.238 e. The summed E-state index contributed by atoms with van der Waals surface area (Å²) in [5, 5.41) is 9.70. The number of rotatable bonds is 7. The van der Waals surface area contributed by atoms with Crippen molar-refractivity contribution in [3.8, 4) is 5.69 Å². The molecule has 1 aromatic heterocycles. The Morgan fingerprint density at radius 3 is 2.72 bits per heavy atom. The van der Waals surface area contributed by atoms with Crippen LogP contribution in [0.5, 0.6) is 0 Å². The van der Waals surface area contributed by atoms with Gasteiger partial charge in [-0.05, 0) is 37.1 Å². The van der Waals surface area contributed by atoms with Crippen LogP contribution in [0.25, 0.3) is 5.69 Å². The Morgan fingerprint density at radius 1 is 1.25 bits per heavy atom. The molecule has 4 rings (SSSR count). The van der Waals surface area contributed by atoms with Gasteiger partial charge < -0.3 is 4.74 Å². The first-order valence-corrected chi connectivity index (χ1v) is 11.9. The van der Waals surface area contributed by atoms with Gasteiger partial charge in [-0.3, -0.25) is 4.90 Å². The molecule has 10 heteroatoms. The van der Waals surface area contributed by atoms with Gasteiger partial charge in [-0.15, -0.1) is 5.10 Å². The third-order valence-electron chi connectivity index (χ3n) is 5.57. The molecule has 0 radical (unpaired) electrons. The molecule has 0 amide bonds. The highest BCUT2D eigenvalue weighted by molar-refractivity contribution is 7.89. The Bertz CT molecular complexity index is 1230. The second-order valence-electron chi connectivity index (χ2n) is 8.06. The number of primary sulfonamides is 1. The number of hydrogen-bond donors (Lipinski definition) is 1. The van der Waals surface area contributed by atoms with Crippen molar-refractivity contribution in [3.63, 3.8) is 0 Å². The first-order valence-electron chi connectivity index (χ1n) is 10.3. The lowest BCUT2D eigenvalue weighted by Gasteiger charge is -2.12. The van der Waals surface area contributed by atoms with Gasteiger partial charge in [0.15, 0.2) is 5.82 Å². The number of sulfonamides is 1. The number of aryl methyl sites for hydroxylation is 1. The number of likely N-dealkylation sites (tertiary alicyclic amines) is 1. The highest BCUT2D eigenvalue weighted by Gasteiger charge is 2.24. The summed E-state index contributed by atoms with van der Waals surface area (Å²) in [6, 6.07) is 11.5. The molecule has 8 nitrogen and oxygen atoms in total. The Morgan fingerprint density at radius 2 is 2.06 bits per heavy atom. The maximum absolute atomic E-state index is 14.9. The van der Waals surface area contributed by atoms with Crippen molar-refractivity contribution in [2.24, 2.45) is 5.14 Å². The lowest BCUT2D eigenvalue weighted by atomic mass is 10.1. The predicted molar refractivity (Wildman–Crippen MR) is 117 cm³/mol. The van der Waals surface area contributed by atoms with Crippen molar-refractivity contribution < 1.29 is 17.5 Å². The molecule has 2 N–H and O–H groups in total. The highest BCUT2D eigenvalue weighted by Crippen LogP contribution is 2.21. The molecule has 1 unspecified atom stereocenters. The average molecular weight is 460 g/mol. The van der Waals surface area contributed by atoms with Crippen LogP contribution in [-0.4, -0.2) is 54.4 Å². The largest absolute Gasteiger partial charge is 0.380 e. The van der Waals surface area contributed by atoms with Crippen molar-refractivity contribution in [3.05, 3.63) is 71.1 Å². The van der Waals surface area contributed by atoms with Crippen LogP contribution in [0, 0.1) is 12.7 Å². The third-order valence-corrected chi connectivity index (χ3v) is 6.48. The zero-order valence-electron chi connectivity index (χ0n) is 18.0. The number of nitrogens with zero attached hydrogens (tertiary/aromatic N) is 4. The van der Waals surface area contributed by atoms with E-state index in [4.69, 9.17) is 14.9 Å². The molecule has 1 aliphatic rings. The average Bonchev–Trinajstić information content (AvgIpc) is 3.34. The normalized spacial score (nSPS) is 17.2. The first kappa shape index (κ1) is 22.5. The lowest BCUT2D eigenvalue weighted by molar-refractivity contribution is 0.107. The summed E-state index contributed by atoms with van der Waals surface area (Å²) in [6.07, 6.45) is 1.58. The Hall–Kier alpha value is -2.66. The maximum atomic E-state index is 14.9. The molecule has 0 spiro atoms. The molecule has 2 aromatic carbocycles. The van der Waals surface area contributed by atoms with E-state index in [9.17, 15) is 12.8 Å². The Kier molecular flexibility index (Phi) is 6.38. The van der Waals surface area contributed by atoms with Gasteiger partial charge in [0.05, 0.1) is 17.5 Å². The van der Waals surface area contributed by atoms with E-state index in [2.05, 4.69) is 10.00 Å². The molecular weight excluding hydrogens is 433 g/mol. The molecular formula is C22H26FN5O3S. The molecule has 1 saturated heterocycles. The summed E-state index contributed by atoms with van der Waals surface area (Å²) in [5.74, 6) is 0.397. The van der Waals surface area contributed by atoms with Crippen LogP contribution >= 0.6 is 0 Å². The smallest absolute Gasteiger partial charge is 0.238 e. The zero-order chi connectivity index (χ0) is 22.9. The summed E-state index contributed by atoms with van der Waals surface area (Å²) in [6.45, 7) is 4.18. The fraction of sp³-hybridized carbons (Fsp3) is 0.364. The van der Waals surface area contributed by atoms with Gasteiger partial charge in [-0.2, -0.15) is 0 Å². The van der Waals surface area contributed by atoms with E-state index in [-0.39, 0.29) is 16.7 Å². The topological polar surface area (TPSA) is 103 Å². The second-order valence-corrected chi connectivity index (χ2v) is 9.62. The zero-order valence-corrected chi connectivity index (χ0v) is 18.8. The number of benzene rings is 2. The van der Waals surface area contributed by atoms with Crippen LogP contribution in [-0.2, 0) is 27.7 Å². The molecule has 0 bridgehead atoms. The quantitative estimate of drug-likeness (QED) is 0.581. The number of ether oxygens (including phenoxy) is 1. The van der Waals surface area contributed by atoms with E-state index < -0.39 is 15.8 Å². The van der Waals surface area contributed by atoms with Gasteiger partial charge in [-0.1, -0.05) is 29.8 Å². The van der Waals surface area contributed by atoms with Crippen molar-refractivity contribution in [1.29, 1.82) is 0 Å². The molecule has 32 heavy (non-hydrogen) atoms. The van der Waals surface area contributed by atoms with E-state index in [0.29, 0.717) is 24.6 Å². The fourth-order valence-corrected chi connectivity index (χ4v) is 4.47. The number of aromatic nitrogens is 3. The van der Waals surface area contributed by atoms with E-state index in [1.54, 1.807) is 7.11 Å². The molecule has 3 aromatic rings. The van der Waals surface area contributed by atoms with Crippen molar-refractivity contribution in [2.45, 2.75) is 37.3 Å². The highest BCUT2D eigenvalue weighted by atomic mass is 32.2. The van der Waals surface area contributed by atoms with Crippen LogP contribution in [0.15, 0.2) is 47.4 Å². The SMILES string of the molecule is COC1CCN(Cc2nc(Cc3cccc(C)c3)n(-c3ccc(S(N)(=O)=O)cc3F)n2)C1. The molecule has 2 heterocycles. The van der Waals surface area contributed by atoms with Crippen LogP contribution in [0.4, 0.5) is 4.39 Å². The standard InChI is InChI=1S/C22H26FN5O3S/c1-15-4-3-5-16(10-15)11-22-25-21(14-27-9-8-17(13-27)31-2)26-28(22)20-7-6-18(12-19(20)23)32(24,29)30/h3-7,10,12,17H,8-9,11,13-14H2,1-2H3,(H2,24,29,30). The van der Waals surface area contributed by atoms with Gasteiger partial charge in [0.25, 0.3) is 0 Å². The summed E-state index contributed by atoms with van der Waals surface area (Å²) >= 11 is 0. The van der Waals surface area contributed by atoms with Gasteiger partial charge in [0, 0.05) is 26.6 Å². The van der Waals surface area contributed by atoms with E-state index in [1.165, 1.54) is 16.8 Å². The van der Waals surface area contributed by atoms with Crippen molar-refractivity contribution in [1.82, 2.24) is 19.7 Å². The predicted octanol–water partition coefficient (Wildman–Crippen LogP) is 2.17. The summed E-state index contributed by atoms with van der Waals surface area (Å²) < 4.78 is 45.0. The van der Waals surface area contributed by atoms with Crippen LogP contribution in [0.2, 0.25) is 0 Å².